The summed E-state index contributed by atoms with van der Waals surface area (Å²) in [5.41, 5.74) is 4.69. The summed E-state index contributed by atoms with van der Waals surface area (Å²) >= 11 is 0. The van der Waals surface area contributed by atoms with E-state index in [1.165, 1.54) is 0 Å². The van der Waals surface area contributed by atoms with Crippen LogP contribution in [-0.2, 0) is 0 Å². The van der Waals surface area contributed by atoms with Crippen LogP contribution in [0.3, 0.4) is 0 Å². The number of nitrogens with zero attached hydrogens (tertiary/aromatic N) is 4. The molecule has 0 aromatic carbocycles. The second-order valence-corrected chi connectivity index (χ2v) is 4.71. The zero-order chi connectivity index (χ0) is 13.2. The molecule has 0 N–H and O–H groups in total. The monoisotopic (exact) mass is 250 g/mol. The molecular weight excluding hydrogens is 236 g/mol. The van der Waals surface area contributed by atoms with Gasteiger partial charge < -0.3 is 0 Å². The highest BCUT2D eigenvalue weighted by atomic mass is 14.9. The first-order valence-electron chi connectivity index (χ1n) is 6.28. The summed E-state index contributed by atoms with van der Waals surface area (Å²) in [5, 5.41) is 0. The van der Waals surface area contributed by atoms with Gasteiger partial charge in [0, 0.05) is 35.9 Å². The summed E-state index contributed by atoms with van der Waals surface area (Å²) in [6.07, 6.45) is 6.99. The zero-order valence-electron chi connectivity index (χ0n) is 10.9. The van der Waals surface area contributed by atoms with Crippen molar-refractivity contribution < 1.29 is 0 Å². The van der Waals surface area contributed by atoms with Crippen LogP contribution in [0.4, 0.5) is 0 Å². The predicted molar refractivity (Wildman–Crippen MR) is 74.7 cm³/mol. The molecule has 0 aliphatic carbocycles. The Kier molecular flexibility index (Phi) is 2.91. The Morgan fingerprint density at radius 2 is 1.79 bits per heavy atom. The molecule has 0 atom stereocenters. The van der Waals surface area contributed by atoms with Gasteiger partial charge in [0.25, 0.3) is 0 Å². The fraction of sp³-hybridized carbons (Fsp3) is 0.200. The molecule has 3 aromatic rings. The van der Waals surface area contributed by atoms with Crippen molar-refractivity contribution in [3.8, 4) is 11.1 Å². The molecule has 3 rings (SSSR count). The van der Waals surface area contributed by atoms with Gasteiger partial charge in [0.1, 0.15) is 5.52 Å². The number of pyridine rings is 2. The lowest BCUT2D eigenvalue weighted by molar-refractivity contribution is 0.825. The van der Waals surface area contributed by atoms with Crippen LogP contribution in [0.1, 0.15) is 25.5 Å². The molecule has 0 fully saturated rings. The normalized spacial score (nSPS) is 11.1. The molecule has 19 heavy (non-hydrogen) atoms. The van der Waals surface area contributed by atoms with Crippen LogP contribution in [-0.4, -0.2) is 19.9 Å². The van der Waals surface area contributed by atoms with Crippen molar-refractivity contribution in [3.63, 3.8) is 0 Å². The van der Waals surface area contributed by atoms with Crippen LogP contribution < -0.4 is 0 Å². The molecule has 4 heteroatoms. The SMILES string of the molecule is CC(C)c1ncccc1-c1cnc2nccnc2c1. The van der Waals surface area contributed by atoms with Gasteiger partial charge in [0.05, 0.1) is 5.69 Å². The first-order chi connectivity index (χ1) is 9.25. The number of hydrogen-bond acceptors (Lipinski definition) is 4. The Labute approximate surface area is 111 Å². The molecule has 0 saturated carbocycles. The summed E-state index contributed by atoms with van der Waals surface area (Å²) in [5.74, 6) is 0.369. The molecular formula is C15H14N4. The molecule has 0 bridgehead atoms. The summed E-state index contributed by atoms with van der Waals surface area (Å²) in [4.78, 5) is 17.3. The standard InChI is InChI=1S/C15H14N4/c1-10(2)14-12(4-3-5-17-14)11-8-13-15(19-9-11)18-7-6-16-13/h3-10H,1-2H3. The van der Waals surface area contributed by atoms with E-state index >= 15 is 0 Å². The maximum Gasteiger partial charge on any atom is 0.178 e. The highest BCUT2D eigenvalue weighted by Crippen LogP contribution is 2.27. The van der Waals surface area contributed by atoms with Gasteiger partial charge in [-0.25, -0.2) is 9.97 Å². The van der Waals surface area contributed by atoms with Gasteiger partial charge in [0.2, 0.25) is 0 Å². The lowest BCUT2D eigenvalue weighted by Gasteiger charge is -2.11. The van der Waals surface area contributed by atoms with Gasteiger partial charge in [0.15, 0.2) is 5.65 Å². The van der Waals surface area contributed by atoms with Crippen LogP contribution >= 0.6 is 0 Å². The third-order valence-electron chi connectivity index (χ3n) is 3.02. The first-order valence-corrected chi connectivity index (χ1v) is 6.28. The second-order valence-electron chi connectivity index (χ2n) is 4.71. The molecule has 3 heterocycles. The topological polar surface area (TPSA) is 51.6 Å². The van der Waals surface area contributed by atoms with Crippen molar-refractivity contribution in [2.75, 3.05) is 0 Å². The Bertz CT molecular complexity index is 722. The lowest BCUT2D eigenvalue weighted by atomic mass is 9.99. The molecule has 4 nitrogen and oxygen atoms in total. The van der Waals surface area contributed by atoms with Crippen LogP contribution in [0.25, 0.3) is 22.3 Å². The number of fused-ring (bicyclic) bond motifs is 1. The Hall–Kier alpha value is -2.36. The third-order valence-corrected chi connectivity index (χ3v) is 3.02. The molecule has 0 saturated heterocycles. The molecule has 0 spiro atoms. The van der Waals surface area contributed by atoms with E-state index in [0.717, 1.165) is 22.3 Å². The summed E-state index contributed by atoms with van der Waals surface area (Å²) in [7, 11) is 0. The molecule has 0 unspecified atom stereocenters. The Morgan fingerprint density at radius 1 is 0.947 bits per heavy atom. The van der Waals surface area contributed by atoms with Gasteiger partial charge >= 0.3 is 0 Å². The fourth-order valence-corrected chi connectivity index (χ4v) is 2.13. The number of rotatable bonds is 2. The van der Waals surface area contributed by atoms with Gasteiger partial charge in [-0.3, -0.25) is 9.97 Å². The van der Waals surface area contributed by atoms with E-state index in [1.54, 1.807) is 12.4 Å². The Morgan fingerprint density at radius 3 is 2.63 bits per heavy atom. The van der Waals surface area contributed by atoms with Gasteiger partial charge in [-0.15, -0.1) is 0 Å². The third kappa shape index (κ3) is 2.17. The van der Waals surface area contributed by atoms with Crippen LogP contribution in [0.2, 0.25) is 0 Å². The average molecular weight is 250 g/mol. The van der Waals surface area contributed by atoms with Crippen molar-refractivity contribution >= 4 is 11.2 Å². The highest BCUT2D eigenvalue weighted by Gasteiger charge is 2.10. The molecule has 0 aliphatic rings. The first kappa shape index (κ1) is 11.7. The van der Waals surface area contributed by atoms with Crippen molar-refractivity contribution in [3.05, 3.63) is 48.7 Å². The van der Waals surface area contributed by atoms with E-state index in [2.05, 4.69) is 39.8 Å². The average Bonchev–Trinajstić information content (AvgIpc) is 2.46. The van der Waals surface area contributed by atoms with Gasteiger partial charge in [-0.2, -0.15) is 0 Å². The smallest absolute Gasteiger partial charge is 0.178 e. The quantitative estimate of drug-likeness (QED) is 0.700. The minimum atomic E-state index is 0.369. The lowest BCUT2D eigenvalue weighted by Crippen LogP contribution is -1.97. The van der Waals surface area contributed by atoms with E-state index in [1.807, 2.05) is 24.5 Å². The van der Waals surface area contributed by atoms with E-state index in [9.17, 15) is 0 Å². The summed E-state index contributed by atoms with van der Waals surface area (Å²) < 4.78 is 0. The van der Waals surface area contributed by atoms with Crippen LogP contribution in [0.15, 0.2) is 43.0 Å². The minimum absolute atomic E-state index is 0.369. The van der Waals surface area contributed by atoms with Crippen molar-refractivity contribution in [2.24, 2.45) is 0 Å². The Balaban J connectivity index is 2.19. The molecule has 0 amide bonds. The molecule has 0 aliphatic heterocycles. The number of hydrogen-bond donors (Lipinski definition) is 0. The van der Waals surface area contributed by atoms with E-state index in [-0.39, 0.29) is 0 Å². The van der Waals surface area contributed by atoms with Crippen LogP contribution in [0, 0.1) is 0 Å². The summed E-state index contributed by atoms with van der Waals surface area (Å²) in [6, 6.07) is 6.03. The minimum Gasteiger partial charge on any atom is -0.260 e. The predicted octanol–water partition coefficient (Wildman–Crippen LogP) is 3.21. The van der Waals surface area contributed by atoms with E-state index in [4.69, 9.17) is 0 Å². The highest BCUT2D eigenvalue weighted by molar-refractivity contribution is 5.78. The van der Waals surface area contributed by atoms with Gasteiger partial charge in [-0.05, 0) is 18.1 Å². The largest absolute Gasteiger partial charge is 0.260 e. The van der Waals surface area contributed by atoms with E-state index in [0.29, 0.717) is 11.6 Å². The van der Waals surface area contributed by atoms with Crippen molar-refractivity contribution in [1.29, 1.82) is 0 Å². The fourth-order valence-electron chi connectivity index (χ4n) is 2.13. The molecule has 3 aromatic heterocycles. The van der Waals surface area contributed by atoms with E-state index < -0.39 is 0 Å². The van der Waals surface area contributed by atoms with Gasteiger partial charge in [-0.1, -0.05) is 19.9 Å². The molecule has 0 radical (unpaired) electrons. The second kappa shape index (κ2) is 4.72. The summed E-state index contributed by atoms with van der Waals surface area (Å²) in [6.45, 7) is 4.28. The molecule has 94 valence electrons. The maximum absolute atomic E-state index is 4.47. The number of aromatic nitrogens is 4. The van der Waals surface area contributed by atoms with Crippen LogP contribution in [0.5, 0.6) is 0 Å². The maximum atomic E-state index is 4.47. The van der Waals surface area contributed by atoms with Crippen molar-refractivity contribution in [1.82, 2.24) is 19.9 Å². The zero-order valence-corrected chi connectivity index (χ0v) is 10.9. The van der Waals surface area contributed by atoms with Crippen molar-refractivity contribution in [2.45, 2.75) is 19.8 Å².